The lowest BCUT2D eigenvalue weighted by Crippen LogP contribution is -2.23. The molecule has 3 nitrogen and oxygen atoms in total. The molecule has 3 rings (SSSR count). The van der Waals surface area contributed by atoms with Crippen molar-refractivity contribution in [2.45, 2.75) is 5.37 Å². The van der Waals surface area contributed by atoms with Gasteiger partial charge in [-0.05, 0) is 24.3 Å². The second-order valence-corrected chi connectivity index (χ2v) is 7.73. The van der Waals surface area contributed by atoms with Crippen LogP contribution in [-0.2, 0) is 4.79 Å². The van der Waals surface area contributed by atoms with Gasteiger partial charge in [-0.3, -0.25) is 4.79 Å². The number of carbonyl (C=O) groups excluding carboxylic acids is 1. The summed E-state index contributed by atoms with van der Waals surface area (Å²) < 4.78 is 0. The summed E-state index contributed by atoms with van der Waals surface area (Å²) in [5.41, 5.74) is 1.46. The third-order valence-electron chi connectivity index (χ3n) is 3.35. The molecule has 0 aromatic heterocycles. The van der Waals surface area contributed by atoms with E-state index in [4.69, 9.17) is 46.4 Å². The number of nitrogens with zero attached hydrogens (tertiary/aromatic N) is 2. The minimum Gasteiger partial charge on any atom is -0.272 e. The quantitative estimate of drug-likeness (QED) is 0.579. The maximum absolute atomic E-state index is 12.2. The number of halogens is 4. The maximum atomic E-state index is 12.2. The lowest BCUT2D eigenvalue weighted by Gasteiger charge is -2.20. The molecule has 1 aliphatic heterocycles. The van der Waals surface area contributed by atoms with Gasteiger partial charge >= 0.3 is 0 Å². The van der Waals surface area contributed by atoms with Crippen LogP contribution in [0.1, 0.15) is 16.5 Å². The van der Waals surface area contributed by atoms with Crippen molar-refractivity contribution in [1.82, 2.24) is 5.01 Å². The zero-order chi connectivity index (χ0) is 17.3. The Hall–Kier alpha value is -0.910. The second kappa shape index (κ2) is 7.54. The first-order chi connectivity index (χ1) is 11.5. The number of hydrazone groups is 1. The molecule has 2 aromatic carbocycles. The Labute approximate surface area is 163 Å². The van der Waals surface area contributed by atoms with E-state index in [1.807, 2.05) is 0 Å². The van der Waals surface area contributed by atoms with Crippen LogP contribution in [0.5, 0.6) is 0 Å². The van der Waals surface area contributed by atoms with Gasteiger partial charge in [0.2, 0.25) is 0 Å². The molecule has 1 saturated heterocycles. The van der Waals surface area contributed by atoms with Crippen LogP contribution < -0.4 is 0 Å². The molecule has 0 N–H and O–H groups in total. The van der Waals surface area contributed by atoms with Crippen molar-refractivity contribution in [2.75, 3.05) is 5.75 Å². The van der Waals surface area contributed by atoms with Crippen LogP contribution in [0, 0.1) is 0 Å². The first kappa shape index (κ1) is 17.9. The van der Waals surface area contributed by atoms with Gasteiger partial charge in [-0.1, -0.05) is 58.5 Å². The molecular weight excluding hydrogens is 410 g/mol. The highest BCUT2D eigenvalue weighted by atomic mass is 35.5. The van der Waals surface area contributed by atoms with Gasteiger partial charge in [-0.2, -0.15) is 5.10 Å². The van der Waals surface area contributed by atoms with Crippen molar-refractivity contribution in [2.24, 2.45) is 5.10 Å². The molecule has 1 aliphatic rings. The first-order valence-electron chi connectivity index (χ1n) is 6.83. The summed E-state index contributed by atoms with van der Waals surface area (Å²) in [6.07, 6.45) is 1.54. The Morgan fingerprint density at radius 2 is 1.71 bits per heavy atom. The highest BCUT2D eigenvalue weighted by molar-refractivity contribution is 8.00. The van der Waals surface area contributed by atoms with Gasteiger partial charge in [-0.25, -0.2) is 5.01 Å². The molecule has 1 amide bonds. The average molecular weight is 420 g/mol. The zero-order valence-electron chi connectivity index (χ0n) is 12.0. The number of rotatable bonds is 3. The molecule has 0 aliphatic carbocycles. The summed E-state index contributed by atoms with van der Waals surface area (Å²) in [6, 6.07) is 10.3. The SMILES string of the molecule is O=C1CSC(c2ccc(Cl)cc2Cl)N1/N=C/c1ccc(Cl)cc1Cl. The third kappa shape index (κ3) is 3.84. The van der Waals surface area contributed by atoms with Gasteiger partial charge in [0.05, 0.1) is 17.0 Å². The van der Waals surface area contributed by atoms with Crippen LogP contribution in [0.25, 0.3) is 0 Å². The van der Waals surface area contributed by atoms with E-state index in [9.17, 15) is 4.79 Å². The highest BCUT2D eigenvalue weighted by Gasteiger charge is 2.34. The summed E-state index contributed by atoms with van der Waals surface area (Å²) >= 11 is 25.7. The lowest BCUT2D eigenvalue weighted by molar-refractivity contribution is -0.128. The van der Waals surface area contributed by atoms with Gasteiger partial charge < -0.3 is 0 Å². The van der Waals surface area contributed by atoms with E-state index in [1.165, 1.54) is 16.8 Å². The molecule has 0 saturated carbocycles. The molecule has 8 heteroatoms. The molecule has 1 unspecified atom stereocenters. The van der Waals surface area contributed by atoms with E-state index >= 15 is 0 Å². The van der Waals surface area contributed by atoms with Crippen molar-refractivity contribution in [1.29, 1.82) is 0 Å². The van der Waals surface area contributed by atoms with Crippen molar-refractivity contribution in [3.8, 4) is 0 Å². The number of thioether (sulfide) groups is 1. The molecule has 2 aromatic rings. The van der Waals surface area contributed by atoms with Crippen LogP contribution >= 0.6 is 58.2 Å². The fraction of sp³-hybridized carbons (Fsp3) is 0.125. The zero-order valence-corrected chi connectivity index (χ0v) is 15.9. The van der Waals surface area contributed by atoms with Crippen molar-refractivity contribution in [3.63, 3.8) is 0 Å². The largest absolute Gasteiger partial charge is 0.272 e. The van der Waals surface area contributed by atoms with Gasteiger partial charge in [0.15, 0.2) is 0 Å². The standard InChI is InChI=1S/C16H10Cl4N2OS/c17-10-2-1-9(13(19)5-10)7-21-22-15(23)8-24-16(22)12-4-3-11(18)6-14(12)20/h1-7,16H,8H2/b21-7+. The van der Waals surface area contributed by atoms with E-state index in [2.05, 4.69) is 5.10 Å². The molecule has 0 bridgehead atoms. The summed E-state index contributed by atoms with van der Waals surface area (Å²) in [6.45, 7) is 0. The van der Waals surface area contributed by atoms with Gasteiger partial charge in [-0.15, -0.1) is 11.8 Å². The Kier molecular flexibility index (Phi) is 5.63. The number of hydrogen-bond donors (Lipinski definition) is 0. The van der Waals surface area contributed by atoms with Crippen LogP contribution in [0.2, 0.25) is 20.1 Å². The average Bonchev–Trinajstić information content (AvgIpc) is 2.87. The Balaban J connectivity index is 1.89. The van der Waals surface area contributed by atoms with E-state index in [0.717, 1.165) is 5.56 Å². The molecule has 1 fully saturated rings. The fourth-order valence-electron chi connectivity index (χ4n) is 2.20. The van der Waals surface area contributed by atoms with Crippen LogP contribution in [0.4, 0.5) is 0 Å². The fourth-order valence-corrected chi connectivity index (χ4v) is 4.36. The Morgan fingerprint density at radius 1 is 1.04 bits per heavy atom. The van der Waals surface area contributed by atoms with Gasteiger partial charge in [0.1, 0.15) is 5.37 Å². The molecule has 124 valence electrons. The van der Waals surface area contributed by atoms with Crippen molar-refractivity contribution in [3.05, 3.63) is 67.6 Å². The Bertz CT molecular complexity index is 828. The summed E-state index contributed by atoms with van der Waals surface area (Å²) in [5, 5.41) is 7.46. The van der Waals surface area contributed by atoms with Crippen molar-refractivity contribution < 1.29 is 4.79 Å². The van der Waals surface area contributed by atoms with Crippen LogP contribution in [-0.4, -0.2) is 22.9 Å². The van der Waals surface area contributed by atoms with E-state index in [-0.39, 0.29) is 11.3 Å². The summed E-state index contributed by atoms with van der Waals surface area (Å²) in [5.74, 6) is 0.229. The number of benzene rings is 2. The normalized spacial score (nSPS) is 17.9. The maximum Gasteiger partial charge on any atom is 0.254 e. The lowest BCUT2D eigenvalue weighted by atomic mass is 10.2. The number of hydrogen-bond acceptors (Lipinski definition) is 3. The van der Waals surface area contributed by atoms with E-state index < -0.39 is 0 Å². The van der Waals surface area contributed by atoms with Crippen LogP contribution in [0.15, 0.2) is 41.5 Å². The first-order valence-corrected chi connectivity index (χ1v) is 9.39. The number of carbonyl (C=O) groups is 1. The highest BCUT2D eigenvalue weighted by Crippen LogP contribution is 2.42. The smallest absolute Gasteiger partial charge is 0.254 e. The molecular formula is C16H10Cl4N2OS. The summed E-state index contributed by atoms with van der Waals surface area (Å²) in [4.78, 5) is 12.2. The second-order valence-electron chi connectivity index (χ2n) is 4.98. The van der Waals surface area contributed by atoms with Gasteiger partial charge in [0.25, 0.3) is 5.91 Å². The summed E-state index contributed by atoms with van der Waals surface area (Å²) in [7, 11) is 0. The van der Waals surface area contributed by atoms with E-state index in [1.54, 1.807) is 42.6 Å². The van der Waals surface area contributed by atoms with Crippen LogP contribution in [0.3, 0.4) is 0 Å². The van der Waals surface area contributed by atoms with Gasteiger partial charge in [0, 0.05) is 26.2 Å². The van der Waals surface area contributed by atoms with E-state index in [0.29, 0.717) is 31.4 Å². The third-order valence-corrected chi connectivity index (χ3v) is 5.66. The molecule has 1 heterocycles. The predicted molar refractivity (Wildman–Crippen MR) is 103 cm³/mol. The molecule has 24 heavy (non-hydrogen) atoms. The molecule has 0 radical (unpaired) electrons. The number of amides is 1. The molecule has 0 spiro atoms. The monoisotopic (exact) mass is 418 g/mol. The topological polar surface area (TPSA) is 32.7 Å². The predicted octanol–water partition coefficient (Wildman–Crippen LogP) is 5.91. The van der Waals surface area contributed by atoms with Crippen molar-refractivity contribution >= 4 is 70.3 Å². The minimum absolute atomic E-state index is 0.0997. The molecule has 1 atom stereocenters. The minimum atomic E-state index is -0.301. The Morgan fingerprint density at radius 3 is 2.38 bits per heavy atom.